The molecule has 0 saturated carbocycles. The van der Waals surface area contributed by atoms with Crippen molar-refractivity contribution in [1.82, 2.24) is 4.98 Å². The van der Waals surface area contributed by atoms with E-state index in [1.165, 1.54) is 0 Å². The smallest absolute Gasteiger partial charge is 0.373 e. The second-order valence-electron chi connectivity index (χ2n) is 4.69. The Bertz CT molecular complexity index is 634. The Kier molecular flexibility index (Phi) is 3.70. The summed E-state index contributed by atoms with van der Waals surface area (Å²) < 4.78 is 38.7. The molecule has 1 N–H and O–H groups in total. The molecule has 5 heteroatoms. The van der Waals surface area contributed by atoms with E-state index in [1.807, 2.05) is 26.0 Å². The summed E-state index contributed by atoms with van der Waals surface area (Å²) in [5.41, 5.74) is 2.29. The van der Waals surface area contributed by atoms with Gasteiger partial charge in [0.05, 0.1) is 11.3 Å². The van der Waals surface area contributed by atoms with Gasteiger partial charge in [0.1, 0.15) is 5.82 Å². The third-order valence-electron chi connectivity index (χ3n) is 3.07. The average Bonchev–Trinajstić information content (AvgIpc) is 2.37. The molecule has 0 aliphatic heterocycles. The average molecular weight is 280 g/mol. The van der Waals surface area contributed by atoms with Crippen molar-refractivity contribution in [2.45, 2.75) is 20.0 Å². The van der Waals surface area contributed by atoms with Crippen LogP contribution in [0.2, 0.25) is 0 Å². The lowest BCUT2D eigenvalue weighted by Gasteiger charge is -2.13. The molecule has 0 radical (unpaired) electrons. The number of benzene rings is 1. The van der Waals surface area contributed by atoms with Gasteiger partial charge in [-0.15, -0.1) is 0 Å². The summed E-state index contributed by atoms with van der Waals surface area (Å²) in [6, 6.07) is 7.68. The molecule has 0 saturated heterocycles. The fourth-order valence-corrected chi connectivity index (χ4v) is 2.06. The van der Waals surface area contributed by atoms with Crippen LogP contribution < -0.4 is 5.32 Å². The fraction of sp³-hybridized carbons (Fsp3) is 0.267. The van der Waals surface area contributed by atoms with Gasteiger partial charge in [0, 0.05) is 12.6 Å². The molecule has 0 atom stereocenters. The van der Waals surface area contributed by atoms with Gasteiger partial charge in [-0.2, -0.15) is 13.2 Å². The van der Waals surface area contributed by atoms with Gasteiger partial charge in [0.2, 0.25) is 0 Å². The van der Waals surface area contributed by atoms with Crippen LogP contribution in [0.5, 0.6) is 0 Å². The fourth-order valence-electron chi connectivity index (χ4n) is 2.06. The second-order valence-corrected chi connectivity index (χ2v) is 4.69. The highest BCUT2D eigenvalue weighted by molar-refractivity contribution is 5.66. The maximum atomic E-state index is 12.9. The summed E-state index contributed by atoms with van der Waals surface area (Å²) in [6.07, 6.45) is -4.39. The van der Waals surface area contributed by atoms with E-state index in [4.69, 9.17) is 0 Å². The zero-order chi connectivity index (χ0) is 14.9. The number of pyridine rings is 1. The summed E-state index contributed by atoms with van der Waals surface area (Å²) in [6.45, 7) is 3.80. The van der Waals surface area contributed by atoms with Crippen molar-refractivity contribution in [3.63, 3.8) is 0 Å². The lowest BCUT2D eigenvalue weighted by atomic mass is 10.0. The van der Waals surface area contributed by atoms with Crippen LogP contribution >= 0.6 is 0 Å². The number of halogens is 3. The first-order valence-electron chi connectivity index (χ1n) is 6.16. The highest BCUT2D eigenvalue weighted by Gasteiger charge is 2.31. The normalized spacial score (nSPS) is 11.5. The van der Waals surface area contributed by atoms with Gasteiger partial charge in [-0.3, -0.25) is 0 Å². The Hall–Kier alpha value is -2.04. The Morgan fingerprint density at radius 2 is 1.75 bits per heavy atom. The molecule has 1 aromatic heterocycles. The Labute approximate surface area is 115 Å². The van der Waals surface area contributed by atoms with E-state index in [1.54, 1.807) is 13.1 Å². The Morgan fingerprint density at radius 3 is 2.30 bits per heavy atom. The summed E-state index contributed by atoms with van der Waals surface area (Å²) in [7, 11) is 1.55. The molecule has 2 nitrogen and oxygen atoms in total. The van der Waals surface area contributed by atoms with Crippen molar-refractivity contribution in [3.05, 3.63) is 47.0 Å². The molecule has 0 bridgehead atoms. The van der Waals surface area contributed by atoms with E-state index in [0.29, 0.717) is 11.3 Å². The molecular weight excluding hydrogens is 265 g/mol. The number of aromatic nitrogens is 1. The predicted octanol–water partition coefficient (Wildman–Crippen LogP) is 4.43. The topological polar surface area (TPSA) is 24.9 Å². The molecule has 0 unspecified atom stereocenters. The summed E-state index contributed by atoms with van der Waals surface area (Å²) in [5, 5.41) is 2.67. The zero-order valence-electron chi connectivity index (χ0n) is 11.5. The zero-order valence-corrected chi connectivity index (χ0v) is 11.5. The van der Waals surface area contributed by atoms with Crippen LogP contribution in [0.25, 0.3) is 11.3 Å². The maximum Gasteiger partial charge on any atom is 0.416 e. The van der Waals surface area contributed by atoms with Crippen LogP contribution in [0, 0.1) is 13.8 Å². The number of nitrogens with one attached hydrogen (secondary N) is 1. The number of rotatable bonds is 2. The highest BCUT2D eigenvalue weighted by atomic mass is 19.4. The standard InChI is InChI=1S/C15H15F3N2/c1-9-4-5-12(10(2)6-9)13-7-11(15(16,17)18)8-14(19-3)20-13/h4-8H,1-3H3,(H,19,20). The van der Waals surface area contributed by atoms with Crippen molar-refractivity contribution < 1.29 is 13.2 Å². The third kappa shape index (κ3) is 2.92. The molecule has 0 aliphatic rings. The third-order valence-corrected chi connectivity index (χ3v) is 3.07. The maximum absolute atomic E-state index is 12.9. The van der Waals surface area contributed by atoms with Crippen LogP contribution in [0.4, 0.5) is 19.0 Å². The van der Waals surface area contributed by atoms with Crippen molar-refractivity contribution in [2.24, 2.45) is 0 Å². The number of aryl methyl sites for hydroxylation is 2. The summed E-state index contributed by atoms with van der Waals surface area (Å²) >= 11 is 0. The molecule has 1 aromatic carbocycles. The first-order chi connectivity index (χ1) is 9.31. The van der Waals surface area contributed by atoms with Gasteiger partial charge < -0.3 is 5.32 Å². The van der Waals surface area contributed by atoms with Crippen LogP contribution in [0.3, 0.4) is 0 Å². The van der Waals surface area contributed by atoms with Crippen molar-refractivity contribution in [1.29, 1.82) is 0 Å². The van der Waals surface area contributed by atoms with Crippen LogP contribution in [-0.2, 0) is 6.18 Å². The minimum atomic E-state index is -4.39. The first-order valence-corrected chi connectivity index (χ1v) is 6.16. The molecule has 0 spiro atoms. The highest BCUT2D eigenvalue weighted by Crippen LogP contribution is 2.34. The second kappa shape index (κ2) is 5.15. The molecule has 0 fully saturated rings. The number of alkyl halides is 3. The summed E-state index contributed by atoms with van der Waals surface area (Å²) in [5.74, 6) is 0.204. The van der Waals surface area contributed by atoms with Gasteiger partial charge in [0.25, 0.3) is 0 Å². The van der Waals surface area contributed by atoms with Gasteiger partial charge in [-0.1, -0.05) is 23.8 Å². The molecule has 0 aliphatic carbocycles. The monoisotopic (exact) mass is 280 g/mol. The quantitative estimate of drug-likeness (QED) is 0.880. The Morgan fingerprint density at radius 1 is 1.05 bits per heavy atom. The van der Waals surface area contributed by atoms with E-state index in [2.05, 4.69) is 10.3 Å². The van der Waals surface area contributed by atoms with Gasteiger partial charge in [-0.05, 0) is 31.5 Å². The van der Waals surface area contributed by atoms with Crippen molar-refractivity contribution in [3.8, 4) is 11.3 Å². The molecule has 106 valence electrons. The van der Waals surface area contributed by atoms with Crippen molar-refractivity contribution in [2.75, 3.05) is 12.4 Å². The number of anilines is 1. The van der Waals surface area contributed by atoms with E-state index < -0.39 is 11.7 Å². The molecular formula is C15H15F3N2. The molecule has 0 amide bonds. The lowest BCUT2D eigenvalue weighted by Crippen LogP contribution is -2.07. The van der Waals surface area contributed by atoms with Crippen LogP contribution in [0.15, 0.2) is 30.3 Å². The van der Waals surface area contributed by atoms with E-state index in [0.717, 1.165) is 23.3 Å². The van der Waals surface area contributed by atoms with Crippen LogP contribution in [0.1, 0.15) is 16.7 Å². The van der Waals surface area contributed by atoms with E-state index in [9.17, 15) is 13.2 Å². The molecule has 20 heavy (non-hydrogen) atoms. The summed E-state index contributed by atoms with van der Waals surface area (Å²) in [4.78, 5) is 4.22. The Balaban J connectivity index is 2.61. The van der Waals surface area contributed by atoms with Gasteiger partial charge >= 0.3 is 6.18 Å². The largest absolute Gasteiger partial charge is 0.416 e. The molecule has 2 aromatic rings. The van der Waals surface area contributed by atoms with Crippen molar-refractivity contribution >= 4 is 5.82 Å². The number of hydrogen-bond donors (Lipinski definition) is 1. The van der Waals surface area contributed by atoms with Gasteiger partial charge in [-0.25, -0.2) is 4.98 Å². The van der Waals surface area contributed by atoms with E-state index >= 15 is 0 Å². The first kappa shape index (κ1) is 14.4. The minimum Gasteiger partial charge on any atom is -0.373 e. The number of hydrogen-bond acceptors (Lipinski definition) is 2. The van der Waals surface area contributed by atoms with Crippen LogP contribution in [-0.4, -0.2) is 12.0 Å². The number of nitrogens with zero attached hydrogens (tertiary/aromatic N) is 1. The molecule has 1 heterocycles. The SMILES string of the molecule is CNc1cc(C(F)(F)F)cc(-c2ccc(C)cc2C)n1. The van der Waals surface area contributed by atoms with E-state index in [-0.39, 0.29) is 5.82 Å². The minimum absolute atomic E-state index is 0.204. The lowest BCUT2D eigenvalue weighted by molar-refractivity contribution is -0.137. The molecule has 2 rings (SSSR count). The predicted molar refractivity (Wildman–Crippen MR) is 73.7 cm³/mol. The van der Waals surface area contributed by atoms with Gasteiger partial charge in [0.15, 0.2) is 0 Å².